The third-order valence-corrected chi connectivity index (χ3v) is 3.42. The van der Waals surface area contributed by atoms with Gasteiger partial charge in [-0.25, -0.2) is 4.39 Å². The minimum absolute atomic E-state index is 0.0391. The standard InChI is InChI=1S/C16H22FNO3/c1-3-7-18(11-16(19)20-4-2)10-14-9-12-8-13(17)5-6-15(12)21-14/h5-6,8,14H,3-4,7,9-11H2,1-2H3. The Morgan fingerprint density at radius 2 is 2.29 bits per heavy atom. The van der Waals surface area contributed by atoms with Gasteiger partial charge in [0.15, 0.2) is 0 Å². The molecule has 1 aliphatic heterocycles. The highest BCUT2D eigenvalue weighted by Gasteiger charge is 2.26. The van der Waals surface area contributed by atoms with Gasteiger partial charge in [-0.1, -0.05) is 6.92 Å². The predicted molar refractivity (Wildman–Crippen MR) is 77.9 cm³/mol. The molecule has 1 aromatic carbocycles. The highest BCUT2D eigenvalue weighted by atomic mass is 19.1. The summed E-state index contributed by atoms with van der Waals surface area (Å²) in [5.74, 6) is 0.288. The predicted octanol–water partition coefficient (Wildman–Crippen LogP) is 2.40. The summed E-state index contributed by atoms with van der Waals surface area (Å²) in [5, 5.41) is 0. The minimum atomic E-state index is -0.241. The van der Waals surface area contributed by atoms with Crippen LogP contribution in [-0.2, 0) is 16.0 Å². The highest BCUT2D eigenvalue weighted by molar-refractivity contribution is 5.71. The van der Waals surface area contributed by atoms with E-state index in [-0.39, 0.29) is 24.4 Å². The van der Waals surface area contributed by atoms with Crippen molar-refractivity contribution >= 4 is 5.97 Å². The topological polar surface area (TPSA) is 38.8 Å². The van der Waals surface area contributed by atoms with Gasteiger partial charge in [0, 0.05) is 18.5 Å². The summed E-state index contributed by atoms with van der Waals surface area (Å²) >= 11 is 0. The quantitative estimate of drug-likeness (QED) is 0.724. The Kier molecular flexibility index (Phi) is 5.56. The summed E-state index contributed by atoms with van der Waals surface area (Å²) in [4.78, 5) is 13.6. The van der Waals surface area contributed by atoms with Gasteiger partial charge in [-0.2, -0.15) is 0 Å². The molecule has 5 heteroatoms. The number of hydrogen-bond acceptors (Lipinski definition) is 4. The molecular formula is C16H22FNO3. The molecule has 0 aromatic heterocycles. The molecule has 0 aliphatic carbocycles. The molecule has 0 N–H and O–H groups in total. The molecule has 21 heavy (non-hydrogen) atoms. The summed E-state index contributed by atoms with van der Waals surface area (Å²) in [5.41, 5.74) is 0.896. The number of nitrogens with zero attached hydrogens (tertiary/aromatic N) is 1. The number of halogens is 1. The van der Waals surface area contributed by atoms with E-state index >= 15 is 0 Å². The van der Waals surface area contributed by atoms with E-state index in [1.54, 1.807) is 13.0 Å². The van der Waals surface area contributed by atoms with E-state index in [1.165, 1.54) is 12.1 Å². The SMILES string of the molecule is CCCN(CC(=O)OCC)CC1Cc2cc(F)ccc2O1. The zero-order chi connectivity index (χ0) is 15.2. The number of rotatable bonds is 7. The molecule has 0 radical (unpaired) electrons. The van der Waals surface area contributed by atoms with Crippen LogP contribution in [0.2, 0.25) is 0 Å². The molecule has 1 aliphatic rings. The van der Waals surface area contributed by atoms with Gasteiger partial charge in [0.1, 0.15) is 17.7 Å². The van der Waals surface area contributed by atoms with Crippen molar-refractivity contribution in [3.8, 4) is 5.75 Å². The van der Waals surface area contributed by atoms with Crippen molar-refractivity contribution in [1.29, 1.82) is 0 Å². The van der Waals surface area contributed by atoms with Gasteiger partial charge in [0.25, 0.3) is 0 Å². The molecule has 1 unspecified atom stereocenters. The molecular weight excluding hydrogens is 273 g/mol. The lowest BCUT2D eigenvalue weighted by Crippen LogP contribution is -2.39. The molecule has 2 rings (SSSR count). The van der Waals surface area contributed by atoms with Crippen molar-refractivity contribution in [2.24, 2.45) is 0 Å². The monoisotopic (exact) mass is 295 g/mol. The smallest absolute Gasteiger partial charge is 0.320 e. The number of hydrogen-bond donors (Lipinski definition) is 0. The first-order valence-electron chi connectivity index (χ1n) is 7.45. The number of ether oxygens (including phenoxy) is 2. The van der Waals surface area contributed by atoms with Gasteiger partial charge in [-0.05, 0) is 38.1 Å². The van der Waals surface area contributed by atoms with Gasteiger partial charge in [0.2, 0.25) is 0 Å². The van der Waals surface area contributed by atoms with Crippen LogP contribution in [-0.4, -0.2) is 43.2 Å². The Balaban J connectivity index is 1.91. The zero-order valence-corrected chi connectivity index (χ0v) is 12.6. The largest absolute Gasteiger partial charge is 0.488 e. The zero-order valence-electron chi connectivity index (χ0n) is 12.6. The molecule has 0 saturated heterocycles. The van der Waals surface area contributed by atoms with E-state index < -0.39 is 0 Å². The third kappa shape index (κ3) is 4.43. The maximum Gasteiger partial charge on any atom is 0.320 e. The van der Waals surface area contributed by atoms with Crippen molar-refractivity contribution in [3.05, 3.63) is 29.6 Å². The third-order valence-electron chi connectivity index (χ3n) is 3.42. The van der Waals surface area contributed by atoms with Gasteiger partial charge in [-0.15, -0.1) is 0 Å². The highest BCUT2D eigenvalue weighted by Crippen LogP contribution is 2.29. The van der Waals surface area contributed by atoms with Crippen LogP contribution in [0.4, 0.5) is 4.39 Å². The number of esters is 1. The van der Waals surface area contributed by atoms with Crippen LogP contribution in [0.3, 0.4) is 0 Å². The number of carbonyl (C=O) groups excluding carboxylic acids is 1. The van der Waals surface area contributed by atoms with E-state index in [0.29, 0.717) is 19.6 Å². The first-order chi connectivity index (χ1) is 10.1. The summed E-state index contributed by atoms with van der Waals surface area (Å²) in [6, 6.07) is 4.59. The lowest BCUT2D eigenvalue weighted by Gasteiger charge is -2.23. The summed E-state index contributed by atoms with van der Waals surface area (Å²) in [6.07, 6.45) is 1.59. The van der Waals surface area contributed by atoms with Crippen molar-refractivity contribution < 1.29 is 18.7 Å². The van der Waals surface area contributed by atoms with Gasteiger partial charge in [0.05, 0.1) is 13.2 Å². The Morgan fingerprint density at radius 1 is 1.48 bits per heavy atom. The van der Waals surface area contributed by atoms with Gasteiger partial charge >= 0.3 is 5.97 Å². The molecule has 1 atom stereocenters. The second-order valence-electron chi connectivity index (χ2n) is 5.24. The minimum Gasteiger partial charge on any atom is -0.488 e. The fourth-order valence-corrected chi connectivity index (χ4v) is 2.62. The van der Waals surface area contributed by atoms with Crippen LogP contribution in [0.15, 0.2) is 18.2 Å². The van der Waals surface area contributed by atoms with Crippen LogP contribution in [0.5, 0.6) is 5.75 Å². The number of fused-ring (bicyclic) bond motifs is 1. The van der Waals surface area contributed by atoms with Crippen LogP contribution in [0, 0.1) is 5.82 Å². The molecule has 1 heterocycles. The van der Waals surface area contributed by atoms with Crippen LogP contribution < -0.4 is 4.74 Å². The molecule has 116 valence electrons. The van der Waals surface area contributed by atoms with Crippen molar-refractivity contribution in [1.82, 2.24) is 4.90 Å². The molecule has 1 aromatic rings. The second-order valence-corrected chi connectivity index (χ2v) is 5.24. The second kappa shape index (κ2) is 7.41. The lowest BCUT2D eigenvalue weighted by atomic mass is 10.1. The molecule has 0 fully saturated rings. The molecule has 0 saturated carbocycles. The van der Waals surface area contributed by atoms with E-state index in [1.807, 2.05) is 4.90 Å². The average Bonchev–Trinajstić information content (AvgIpc) is 2.80. The fourth-order valence-electron chi connectivity index (χ4n) is 2.62. The lowest BCUT2D eigenvalue weighted by molar-refractivity contribution is -0.144. The van der Waals surface area contributed by atoms with Crippen LogP contribution in [0.25, 0.3) is 0 Å². The Bertz CT molecular complexity index is 492. The number of carbonyl (C=O) groups is 1. The van der Waals surface area contributed by atoms with Crippen molar-refractivity contribution in [2.75, 3.05) is 26.2 Å². The number of benzene rings is 1. The molecule has 0 bridgehead atoms. The first-order valence-corrected chi connectivity index (χ1v) is 7.45. The van der Waals surface area contributed by atoms with Crippen LogP contribution >= 0.6 is 0 Å². The summed E-state index contributed by atoms with van der Waals surface area (Å²) < 4.78 is 24.0. The molecule has 0 spiro atoms. The Labute approximate surface area is 124 Å². The summed E-state index contributed by atoms with van der Waals surface area (Å²) in [7, 11) is 0. The van der Waals surface area contributed by atoms with E-state index in [0.717, 1.165) is 24.3 Å². The first kappa shape index (κ1) is 15.8. The molecule has 4 nitrogen and oxygen atoms in total. The van der Waals surface area contributed by atoms with E-state index in [9.17, 15) is 9.18 Å². The van der Waals surface area contributed by atoms with Crippen molar-refractivity contribution in [3.63, 3.8) is 0 Å². The van der Waals surface area contributed by atoms with Crippen molar-refractivity contribution in [2.45, 2.75) is 32.8 Å². The summed E-state index contributed by atoms with van der Waals surface area (Å²) in [6.45, 7) is 5.98. The Hall–Kier alpha value is -1.62. The van der Waals surface area contributed by atoms with Gasteiger partial charge < -0.3 is 9.47 Å². The molecule has 0 amide bonds. The van der Waals surface area contributed by atoms with E-state index in [4.69, 9.17) is 9.47 Å². The normalized spacial score (nSPS) is 16.7. The fraction of sp³-hybridized carbons (Fsp3) is 0.562. The van der Waals surface area contributed by atoms with E-state index in [2.05, 4.69) is 6.92 Å². The van der Waals surface area contributed by atoms with Crippen LogP contribution in [0.1, 0.15) is 25.8 Å². The maximum atomic E-state index is 13.2. The van der Waals surface area contributed by atoms with Gasteiger partial charge in [-0.3, -0.25) is 9.69 Å². The Morgan fingerprint density at radius 3 is 3.00 bits per heavy atom. The average molecular weight is 295 g/mol. The maximum absolute atomic E-state index is 13.2.